The largest absolute Gasteiger partial charge is 0.496 e. The van der Waals surface area contributed by atoms with Crippen LogP contribution in [0.3, 0.4) is 0 Å². The topological polar surface area (TPSA) is 55.8 Å². The highest BCUT2D eigenvalue weighted by Gasteiger charge is 2.24. The highest BCUT2D eigenvalue weighted by molar-refractivity contribution is 5.69. The Morgan fingerprint density at radius 2 is 2.07 bits per heavy atom. The number of rotatable bonds is 5. The molecule has 2 N–H and O–H groups in total. The maximum atomic E-state index is 6.11. The fraction of sp³-hybridized carbons (Fsp3) is 0.435. The van der Waals surface area contributed by atoms with Crippen LogP contribution in [0, 0.1) is 6.92 Å². The van der Waals surface area contributed by atoms with Crippen molar-refractivity contribution < 1.29 is 4.74 Å². The number of piperidine rings is 1. The van der Waals surface area contributed by atoms with Crippen molar-refractivity contribution >= 4 is 11.3 Å². The summed E-state index contributed by atoms with van der Waals surface area (Å²) in [6.45, 7) is 6.41. The number of anilines is 1. The van der Waals surface area contributed by atoms with Crippen LogP contribution in [0.25, 0.3) is 16.9 Å². The molecule has 148 valence electrons. The van der Waals surface area contributed by atoms with Crippen LogP contribution in [0.4, 0.5) is 5.69 Å². The monoisotopic (exact) mass is 378 g/mol. The predicted molar refractivity (Wildman–Crippen MR) is 115 cm³/mol. The Bertz CT molecular complexity index is 978. The van der Waals surface area contributed by atoms with Gasteiger partial charge in [-0.1, -0.05) is 13.3 Å². The molecule has 0 radical (unpaired) electrons. The number of benzene rings is 1. The molecule has 0 saturated carbocycles. The van der Waals surface area contributed by atoms with Crippen molar-refractivity contribution in [3.63, 3.8) is 0 Å². The van der Waals surface area contributed by atoms with Gasteiger partial charge >= 0.3 is 0 Å². The smallest absolute Gasteiger partial charge is 0.137 e. The Morgan fingerprint density at radius 3 is 2.82 bits per heavy atom. The Balaban J connectivity index is 1.82. The number of hydrogen-bond donors (Lipinski definition) is 1. The second kappa shape index (κ2) is 7.84. The molecule has 4 rings (SSSR count). The Labute approximate surface area is 167 Å². The fourth-order valence-electron chi connectivity index (χ4n) is 4.44. The van der Waals surface area contributed by atoms with E-state index in [1.54, 1.807) is 7.11 Å². The number of nitrogen functional groups attached to an aromatic ring is 1. The van der Waals surface area contributed by atoms with Crippen molar-refractivity contribution in [3.8, 4) is 17.0 Å². The number of hydrogen-bond acceptors (Lipinski definition) is 4. The van der Waals surface area contributed by atoms with E-state index >= 15 is 0 Å². The van der Waals surface area contributed by atoms with Crippen molar-refractivity contribution in [1.29, 1.82) is 0 Å². The molecule has 0 spiro atoms. The van der Waals surface area contributed by atoms with E-state index in [1.807, 2.05) is 24.4 Å². The van der Waals surface area contributed by atoms with Crippen LogP contribution in [-0.2, 0) is 6.54 Å². The van der Waals surface area contributed by atoms with E-state index in [-0.39, 0.29) is 0 Å². The van der Waals surface area contributed by atoms with Crippen LogP contribution in [0.15, 0.2) is 36.5 Å². The number of aromatic nitrogens is 2. The van der Waals surface area contributed by atoms with Gasteiger partial charge in [-0.15, -0.1) is 0 Å². The Kier molecular flexibility index (Phi) is 5.27. The molecule has 3 heterocycles. The first kappa shape index (κ1) is 18.8. The van der Waals surface area contributed by atoms with Crippen molar-refractivity contribution in [3.05, 3.63) is 47.8 Å². The van der Waals surface area contributed by atoms with Crippen molar-refractivity contribution in [2.75, 3.05) is 19.4 Å². The van der Waals surface area contributed by atoms with E-state index in [9.17, 15) is 0 Å². The molecule has 1 aromatic carbocycles. The summed E-state index contributed by atoms with van der Waals surface area (Å²) in [5, 5.41) is 0. The van der Waals surface area contributed by atoms with Crippen molar-refractivity contribution in [1.82, 2.24) is 14.3 Å². The Morgan fingerprint density at radius 1 is 1.21 bits per heavy atom. The number of imidazole rings is 1. The second-order valence-electron chi connectivity index (χ2n) is 7.81. The number of pyridine rings is 1. The Hall–Kier alpha value is -2.53. The van der Waals surface area contributed by atoms with E-state index in [2.05, 4.69) is 35.3 Å². The number of methoxy groups -OCH3 is 1. The zero-order valence-corrected chi connectivity index (χ0v) is 17.1. The first-order chi connectivity index (χ1) is 13.6. The molecule has 0 amide bonds. The van der Waals surface area contributed by atoms with Gasteiger partial charge in [0, 0.05) is 30.0 Å². The van der Waals surface area contributed by atoms with Gasteiger partial charge < -0.3 is 14.9 Å². The lowest BCUT2D eigenvalue weighted by molar-refractivity contribution is 0.134. The van der Waals surface area contributed by atoms with Crippen LogP contribution in [-0.4, -0.2) is 34.0 Å². The van der Waals surface area contributed by atoms with Crippen molar-refractivity contribution in [2.24, 2.45) is 0 Å². The SMILES string of the molecule is CCC1CCCCN1Cc1c(-c2ccc(OC)c(C)c2)nc2ccc(N)cn12. The zero-order valence-electron chi connectivity index (χ0n) is 17.1. The van der Waals surface area contributed by atoms with Gasteiger partial charge in [0.05, 0.1) is 18.5 Å². The first-order valence-electron chi connectivity index (χ1n) is 10.3. The third-order valence-corrected chi connectivity index (χ3v) is 5.98. The minimum absolute atomic E-state index is 0.644. The minimum Gasteiger partial charge on any atom is -0.496 e. The molecule has 1 unspecified atom stereocenters. The molecule has 1 fully saturated rings. The van der Waals surface area contributed by atoms with Gasteiger partial charge in [-0.2, -0.15) is 0 Å². The van der Waals surface area contributed by atoms with Crippen LogP contribution in [0.2, 0.25) is 0 Å². The van der Waals surface area contributed by atoms with Gasteiger partial charge in [0.25, 0.3) is 0 Å². The summed E-state index contributed by atoms with van der Waals surface area (Å²) < 4.78 is 7.61. The van der Waals surface area contributed by atoms with Crippen LogP contribution < -0.4 is 10.5 Å². The first-order valence-corrected chi connectivity index (χ1v) is 10.3. The fourth-order valence-corrected chi connectivity index (χ4v) is 4.44. The minimum atomic E-state index is 0.644. The standard InChI is InChI=1S/C23H30N4O/c1-4-19-7-5-6-12-26(19)15-20-23(17-8-10-21(28-3)16(2)13-17)25-22-11-9-18(24)14-27(20)22/h8-11,13-14,19H,4-7,12,15,24H2,1-3H3. The van der Waals surface area contributed by atoms with Crippen LogP contribution in [0.5, 0.6) is 5.75 Å². The van der Waals surface area contributed by atoms with Crippen LogP contribution in [0.1, 0.15) is 43.9 Å². The molecule has 1 atom stereocenters. The summed E-state index contributed by atoms with van der Waals surface area (Å²) in [6, 6.07) is 10.9. The normalized spacial score (nSPS) is 17.9. The average molecular weight is 379 g/mol. The van der Waals surface area contributed by atoms with E-state index in [0.717, 1.165) is 47.0 Å². The zero-order chi connectivity index (χ0) is 19.7. The molecule has 0 aliphatic carbocycles. The highest BCUT2D eigenvalue weighted by Crippen LogP contribution is 2.31. The van der Waals surface area contributed by atoms with Gasteiger partial charge in [-0.3, -0.25) is 4.90 Å². The summed E-state index contributed by atoms with van der Waals surface area (Å²) in [7, 11) is 1.71. The summed E-state index contributed by atoms with van der Waals surface area (Å²) in [5.41, 5.74) is 12.3. The molecular formula is C23H30N4O. The van der Waals surface area contributed by atoms with Gasteiger partial charge in [0.2, 0.25) is 0 Å². The predicted octanol–water partition coefficient (Wildman–Crippen LogP) is 4.67. The molecular weight excluding hydrogens is 348 g/mol. The molecule has 0 bridgehead atoms. The van der Waals surface area contributed by atoms with Crippen LogP contribution >= 0.6 is 0 Å². The lowest BCUT2D eigenvalue weighted by atomic mass is 9.99. The summed E-state index contributed by atoms with van der Waals surface area (Å²) >= 11 is 0. The second-order valence-corrected chi connectivity index (χ2v) is 7.81. The van der Waals surface area contributed by atoms with Gasteiger partial charge in [-0.25, -0.2) is 4.98 Å². The van der Waals surface area contributed by atoms with Gasteiger partial charge in [-0.05, 0) is 68.6 Å². The maximum absolute atomic E-state index is 6.11. The molecule has 3 aromatic rings. The number of nitrogens with zero attached hydrogens (tertiary/aromatic N) is 3. The maximum Gasteiger partial charge on any atom is 0.137 e. The molecule has 5 nitrogen and oxygen atoms in total. The number of fused-ring (bicyclic) bond motifs is 1. The summed E-state index contributed by atoms with van der Waals surface area (Å²) in [5.74, 6) is 0.903. The molecule has 1 saturated heterocycles. The number of likely N-dealkylation sites (tertiary alicyclic amines) is 1. The van der Waals surface area contributed by atoms with Gasteiger partial charge in [0.1, 0.15) is 11.4 Å². The molecule has 2 aromatic heterocycles. The highest BCUT2D eigenvalue weighted by atomic mass is 16.5. The molecule has 5 heteroatoms. The lowest BCUT2D eigenvalue weighted by Gasteiger charge is -2.35. The van der Waals surface area contributed by atoms with E-state index in [4.69, 9.17) is 15.5 Å². The van der Waals surface area contributed by atoms with E-state index < -0.39 is 0 Å². The molecule has 28 heavy (non-hydrogen) atoms. The lowest BCUT2D eigenvalue weighted by Crippen LogP contribution is -2.38. The van der Waals surface area contributed by atoms with E-state index in [0.29, 0.717) is 6.04 Å². The number of aryl methyl sites for hydroxylation is 1. The van der Waals surface area contributed by atoms with E-state index in [1.165, 1.54) is 31.4 Å². The number of nitrogens with two attached hydrogens (primary N) is 1. The molecule has 1 aliphatic rings. The molecule has 1 aliphatic heterocycles. The van der Waals surface area contributed by atoms with Crippen molar-refractivity contribution in [2.45, 2.75) is 52.1 Å². The number of ether oxygens (including phenoxy) is 1. The summed E-state index contributed by atoms with van der Waals surface area (Å²) in [6.07, 6.45) is 7.08. The third kappa shape index (κ3) is 3.47. The quantitative estimate of drug-likeness (QED) is 0.701. The third-order valence-electron chi connectivity index (χ3n) is 5.98. The average Bonchev–Trinajstić information content (AvgIpc) is 3.06. The summed E-state index contributed by atoms with van der Waals surface area (Å²) in [4.78, 5) is 7.60. The van der Waals surface area contributed by atoms with Gasteiger partial charge in [0.15, 0.2) is 0 Å².